The van der Waals surface area contributed by atoms with Crippen molar-refractivity contribution in [1.29, 1.82) is 0 Å². The highest BCUT2D eigenvalue weighted by Crippen LogP contribution is 2.27. The Bertz CT molecular complexity index is 4480. The molecule has 6 aromatic heterocycles. The van der Waals surface area contributed by atoms with E-state index in [4.69, 9.17) is 12.3 Å². The van der Waals surface area contributed by atoms with Gasteiger partial charge in [-0.1, -0.05) is 109 Å². The molecule has 0 saturated carbocycles. The normalized spacial score (nSPS) is 12.2. The minimum atomic E-state index is -2.10. The zero-order valence-electron chi connectivity index (χ0n) is 64.4. The highest BCUT2D eigenvalue weighted by Gasteiger charge is 2.18. The van der Waals surface area contributed by atoms with E-state index >= 15 is 0 Å². The van der Waals surface area contributed by atoms with Crippen molar-refractivity contribution in [1.82, 2.24) is 0 Å². The van der Waals surface area contributed by atoms with Gasteiger partial charge in [0.1, 0.15) is 42.3 Å². The lowest BCUT2D eigenvalue weighted by Crippen LogP contribution is -2.34. The molecule has 0 atom stereocenters. The van der Waals surface area contributed by atoms with Gasteiger partial charge < -0.3 is 0 Å². The molecule has 0 amide bonds. The first-order chi connectivity index (χ1) is 46.8. The van der Waals surface area contributed by atoms with E-state index in [0.29, 0.717) is 16.7 Å². The molecule has 456 valence electrons. The van der Waals surface area contributed by atoms with Crippen molar-refractivity contribution in [3.05, 3.63) is 322 Å². The number of rotatable bonds is 6. The minimum Gasteiger partial charge on any atom is -0.201 e. The molecule has 90 heavy (non-hydrogen) atoms. The van der Waals surface area contributed by atoms with E-state index in [2.05, 4.69) is 204 Å². The Hall–Kier alpha value is -9.78. The summed E-state index contributed by atoms with van der Waals surface area (Å²) < 4.78 is 80.7. The Balaban J connectivity index is 0.000000167. The van der Waals surface area contributed by atoms with Crippen LogP contribution >= 0.6 is 0 Å². The molecule has 6 heteroatoms. The maximum Gasteiger partial charge on any atom is 0.215 e. The van der Waals surface area contributed by atoms with E-state index in [9.17, 15) is 0 Å². The number of aromatic nitrogens is 6. The molecule has 0 aliphatic heterocycles. The smallest absolute Gasteiger partial charge is 0.201 e. The molecular formula is C84H96N6+6. The fraction of sp³-hybridized carbons (Fsp3) is 0.214. The Labute approximate surface area is 552 Å². The van der Waals surface area contributed by atoms with Crippen molar-refractivity contribution in [2.45, 2.75) is 82.9 Å². The fourth-order valence-electron chi connectivity index (χ4n) is 11.1. The molecular weight excluding hydrogens is 1090 g/mol. The number of nitrogens with zero attached hydrogens (tertiary/aromatic N) is 6. The second kappa shape index (κ2) is 32.4. The van der Waals surface area contributed by atoms with E-state index in [1.165, 1.54) is 67.3 Å². The van der Waals surface area contributed by atoms with Crippen molar-refractivity contribution < 1.29 is 39.7 Å². The molecule has 0 unspecified atom stereocenters. The van der Waals surface area contributed by atoms with Gasteiger partial charge >= 0.3 is 0 Å². The molecule has 0 aliphatic rings. The Morgan fingerprint density at radius 2 is 0.600 bits per heavy atom. The first-order valence-electron chi connectivity index (χ1n) is 35.0. The third kappa shape index (κ3) is 17.5. The first kappa shape index (κ1) is 55.5. The fourth-order valence-corrected chi connectivity index (χ4v) is 11.1. The lowest BCUT2D eigenvalue weighted by atomic mass is 9.99. The van der Waals surface area contributed by atoms with Crippen LogP contribution in [0, 0.1) is 82.9 Å². The predicted molar refractivity (Wildman–Crippen MR) is 375 cm³/mol. The second-order valence-electron chi connectivity index (χ2n) is 23.0. The van der Waals surface area contributed by atoms with Gasteiger partial charge in [-0.25, -0.2) is 22.8 Å². The van der Waals surface area contributed by atoms with Crippen LogP contribution in [0.25, 0.3) is 67.5 Å². The molecule has 12 rings (SSSR count). The summed E-state index contributed by atoms with van der Waals surface area (Å²) in [7, 11) is 12.0. The number of hydrogen-bond donors (Lipinski definition) is 0. The molecule has 6 aromatic carbocycles. The minimum absolute atomic E-state index is 0.381. The zero-order chi connectivity index (χ0) is 72.5. The van der Waals surface area contributed by atoms with Gasteiger partial charge in [-0.15, -0.1) is 0 Å². The van der Waals surface area contributed by atoms with Crippen molar-refractivity contribution in [2.75, 3.05) is 0 Å². The SMILES string of the molecule is Cc1cccc(C)c1-c1cccc[n+]1C.Cc1ccccc1-c1c(C)ccc[n+]1C.Cc1ccccc1-c1cccc(C)[n+]1C.[2H]C([2H])([2H])c1ccc(C)c(-c2cccc[n+]2C)c1.[2H]C([2H])([2H])c1ccc[n+](C)c1-c1ccccc1C.[2H]C([2H])([2H])c1cccc(C)c1-c1cccc[n+]1C. The van der Waals surface area contributed by atoms with Gasteiger partial charge in [0.05, 0.1) is 11.1 Å². The summed E-state index contributed by atoms with van der Waals surface area (Å²) in [4.78, 5) is 0. The molecule has 0 spiro atoms. The lowest BCUT2D eigenvalue weighted by Gasteiger charge is -2.07. The van der Waals surface area contributed by atoms with E-state index in [0.717, 1.165) is 50.5 Å². The predicted octanol–water partition coefficient (Wildman–Crippen LogP) is 16.8. The highest BCUT2D eigenvalue weighted by atomic mass is 14.9. The summed E-state index contributed by atoms with van der Waals surface area (Å²) in [5.74, 6) is 0. The van der Waals surface area contributed by atoms with E-state index in [1.807, 2.05) is 147 Å². The van der Waals surface area contributed by atoms with Gasteiger partial charge in [-0.2, -0.15) is 4.57 Å². The molecule has 0 saturated heterocycles. The number of pyridine rings is 6. The molecule has 0 N–H and O–H groups in total. The van der Waals surface area contributed by atoms with Gasteiger partial charge in [-0.3, -0.25) is 0 Å². The van der Waals surface area contributed by atoms with Crippen LogP contribution in [0.2, 0.25) is 0 Å². The Morgan fingerprint density at radius 3 is 1.07 bits per heavy atom. The molecule has 0 radical (unpaired) electrons. The molecule has 0 fully saturated rings. The van der Waals surface area contributed by atoms with Crippen LogP contribution in [0.4, 0.5) is 0 Å². The average molecular weight is 1200 g/mol. The van der Waals surface area contributed by atoms with Crippen molar-refractivity contribution in [3.63, 3.8) is 0 Å². The molecule has 6 nitrogen and oxygen atoms in total. The van der Waals surface area contributed by atoms with Crippen LogP contribution in [0.1, 0.15) is 79.2 Å². The Kier molecular flexibility index (Phi) is 20.0. The van der Waals surface area contributed by atoms with Gasteiger partial charge in [0.2, 0.25) is 34.2 Å². The van der Waals surface area contributed by atoms with E-state index < -0.39 is 20.6 Å². The number of benzene rings is 6. The van der Waals surface area contributed by atoms with E-state index in [-0.39, 0.29) is 0 Å². The van der Waals surface area contributed by atoms with Crippen LogP contribution in [0.15, 0.2) is 255 Å². The maximum absolute atomic E-state index is 7.65. The molecule has 12 aromatic rings. The van der Waals surface area contributed by atoms with Crippen LogP contribution in [0.5, 0.6) is 0 Å². The monoisotopic (exact) mass is 1200 g/mol. The van der Waals surface area contributed by atoms with Gasteiger partial charge in [0, 0.05) is 113 Å². The molecule has 0 bridgehead atoms. The summed E-state index contributed by atoms with van der Waals surface area (Å²) >= 11 is 0. The number of aryl methyl sites for hydroxylation is 17. The third-order valence-corrected chi connectivity index (χ3v) is 16.2. The molecule has 0 aliphatic carbocycles. The van der Waals surface area contributed by atoms with Crippen LogP contribution in [0.3, 0.4) is 0 Å². The average Bonchev–Trinajstić information content (AvgIpc) is 0.807. The first-order valence-corrected chi connectivity index (χ1v) is 30.5. The van der Waals surface area contributed by atoms with Gasteiger partial charge in [-0.05, 0) is 181 Å². The van der Waals surface area contributed by atoms with E-state index in [1.54, 1.807) is 36.4 Å². The van der Waals surface area contributed by atoms with Crippen LogP contribution in [-0.4, -0.2) is 0 Å². The quantitative estimate of drug-likeness (QED) is 0.148. The standard InChI is InChI=1S/6C14H16N/c2*1-11-7-6-8-12(2)14(11)13-9-4-5-10-15(13)3;2*1-11-7-4-5-9-13(11)14-12(2)8-6-10-15(14)3;1-11-7-4-5-9-13(11)14-10-6-8-12(2)15(14)3;1-11-7-8-12(2)13(10-11)14-6-4-5-9-15(14)3/h6*4-10H,1-3H3/q6*+1/i1D3;;2D3;;;1D3. The summed E-state index contributed by atoms with van der Waals surface area (Å²) in [6.45, 7) is 12.6. The van der Waals surface area contributed by atoms with Crippen LogP contribution < -0.4 is 27.4 Å². The second-order valence-corrected chi connectivity index (χ2v) is 23.0. The van der Waals surface area contributed by atoms with Gasteiger partial charge in [0.15, 0.2) is 36.7 Å². The van der Waals surface area contributed by atoms with Crippen molar-refractivity contribution in [2.24, 2.45) is 42.3 Å². The van der Waals surface area contributed by atoms with Gasteiger partial charge in [0.25, 0.3) is 0 Å². The van der Waals surface area contributed by atoms with Crippen molar-refractivity contribution >= 4 is 0 Å². The molecule has 6 heterocycles. The topological polar surface area (TPSA) is 23.3 Å². The Morgan fingerprint density at radius 1 is 0.244 bits per heavy atom. The summed E-state index contributed by atoms with van der Waals surface area (Å²) in [6.07, 6.45) is 9.93. The summed E-state index contributed by atoms with van der Waals surface area (Å²) in [6, 6.07) is 74.0. The maximum atomic E-state index is 7.65. The zero-order valence-corrected chi connectivity index (χ0v) is 55.4. The summed E-state index contributed by atoms with van der Waals surface area (Å²) in [5, 5.41) is 0. The lowest BCUT2D eigenvalue weighted by molar-refractivity contribution is -0.666. The third-order valence-electron chi connectivity index (χ3n) is 16.2. The highest BCUT2D eigenvalue weighted by molar-refractivity contribution is 5.68. The summed E-state index contributed by atoms with van der Waals surface area (Å²) in [5.41, 5.74) is 25.4. The van der Waals surface area contributed by atoms with Crippen LogP contribution in [-0.2, 0) is 42.3 Å². The van der Waals surface area contributed by atoms with Crippen molar-refractivity contribution in [3.8, 4) is 67.5 Å². The number of hydrogen-bond acceptors (Lipinski definition) is 0. The largest absolute Gasteiger partial charge is 0.215 e.